The molecule has 4 aromatic rings. The van der Waals surface area contributed by atoms with Crippen LogP contribution in [-0.2, 0) is 0 Å². The van der Waals surface area contributed by atoms with Gasteiger partial charge in [-0.15, -0.1) is 0 Å². The van der Waals surface area contributed by atoms with Crippen molar-refractivity contribution in [3.05, 3.63) is 55.0 Å². The molecule has 0 bridgehead atoms. The fraction of sp³-hybridized carbons (Fsp3) is 0.0588. The average molecular weight is 275 g/mol. The number of hydrogen-bond donors (Lipinski definition) is 1. The second kappa shape index (κ2) is 4.59. The molecule has 0 spiro atoms. The van der Waals surface area contributed by atoms with Crippen molar-refractivity contribution in [3.8, 4) is 16.9 Å². The summed E-state index contributed by atoms with van der Waals surface area (Å²) < 4.78 is 5.26. The van der Waals surface area contributed by atoms with Gasteiger partial charge < -0.3 is 4.74 Å². The fourth-order valence-electron chi connectivity index (χ4n) is 2.61. The third-order valence-corrected chi connectivity index (χ3v) is 3.72. The Morgan fingerprint density at radius 1 is 0.952 bits per heavy atom. The van der Waals surface area contributed by atoms with Gasteiger partial charge >= 0.3 is 0 Å². The SMILES string of the molecule is COc1ccc2cc(-c3cncc4[nH]ncc34)ccc2c1. The maximum absolute atomic E-state index is 5.26. The van der Waals surface area contributed by atoms with Crippen LogP contribution in [-0.4, -0.2) is 22.3 Å². The minimum absolute atomic E-state index is 0.869. The number of fused-ring (bicyclic) bond motifs is 2. The van der Waals surface area contributed by atoms with E-state index in [0.29, 0.717) is 0 Å². The molecule has 0 amide bonds. The van der Waals surface area contributed by atoms with Crippen molar-refractivity contribution in [2.45, 2.75) is 0 Å². The predicted molar refractivity (Wildman–Crippen MR) is 83.4 cm³/mol. The summed E-state index contributed by atoms with van der Waals surface area (Å²) in [4.78, 5) is 4.28. The molecule has 0 aliphatic heterocycles. The summed E-state index contributed by atoms with van der Waals surface area (Å²) in [5.74, 6) is 0.869. The largest absolute Gasteiger partial charge is 0.497 e. The zero-order valence-electron chi connectivity index (χ0n) is 11.5. The number of aromatic amines is 1. The van der Waals surface area contributed by atoms with Crippen molar-refractivity contribution in [2.24, 2.45) is 0 Å². The van der Waals surface area contributed by atoms with Crippen molar-refractivity contribution < 1.29 is 4.74 Å². The van der Waals surface area contributed by atoms with E-state index in [9.17, 15) is 0 Å². The van der Waals surface area contributed by atoms with Crippen LogP contribution >= 0.6 is 0 Å². The van der Waals surface area contributed by atoms with Gasteiger partial charge in [-0.3, -0.25) is 10.1 Å². The molecule has 0 fully saturated rings. The Bertz CT molecular complexity index is 943. The summed E-state index contributed by atoms with van der Waals surface area (Å²) in [5, 5.41) is 10.5. The molecule has 2 aromatic carbocycles. The van der Waals surface area contributed by atoms with E-state index in [1.165, 1.54) is 5.39 Å². The first-order valence-corrected chi connectivity index (χ1v) is 6.70. The molecule has 0 saturated heterocycles. The monoisotopic (exact) mass is 275 g/mol. The lowest BCUT2D eigenvalue weighted by Crippen LogP contribution is -1.85. The minimum atomic E-state index is 0.869. The Morgan fingerprint density at radius 3 is 2.71 bits per heavy atom. The Balaban J connectivity index is 1.92. The van der Waals surface area contributed by atoms with Gasteiger partial charge in [0.05, 0.1) is 25.0 Å². The van der Waals surface area contributed by atoms with Gasteiger partial charge in [0.2, 0.25) is 0 Å². The number of rotatable bonds is 2. The highest BCUT2D eigenvalue weighted by Gasteiger charge is 2.07. The maximum Gasteiger partial charge on any atom is 0.119 e. The smallest absolute Gasteiger partial charge is 0.119 e. The number of aromatic nitrogens is 3. The van der Waals surface area contributed by atoms with Gasteiger partial charge in [-0.25, -0.2) is 0 Å². The summed E-state index contributed by atoms with van der Waals surface area (Å²) >= 11 is 0. The summed E-state index contributed by atoms with van der Waals surface area (Å²) in [5.41, 5.74) is 3.16. The second-order valence-electron chi connectivity index (χ2n) is 4.95. The number of H-pyrrole nitrogens is 1. The molecule has 0 unspecified atom stereocenters. The first-order chi connectivity index (χ1) is 10.3. The number of pyridine rings is 1. The number of nitrogens with zero attached hydrogens (tertiary/aromatic N) is 2. The van der Waals surface area contributed by atoms with Crippen LogP contribution in [0, 0.1) is 0 Å². The van der Waals surface area contributed by atoms with Gasteiger partial charge in [0.1, 0.15) is 5.75 Å². The van der Waals surface area contributed by atoms with E-state index in [2.05, 4.69) is 39.4 Å². The molecule has 2 heterocycles. The molecular weight excluding hydrogens is 262 g/mol. The van der Waals surface area contributed by atoms with E-state index in [4.69, 9.17) is 4.74 Å². The normalized spacial score (nSPS) is 11.1. The van der Waals surface area contributed by atoms with Gasteiger partial charge in [-0.2, -0.15) is 5.10 Å². The van der Waals surface area contributed by atoms with E-state index >= 15 is 0 Å². The zero-order valence-corrected chi connectivity index (χ0v) is 11.5. The van der Waals surface area contributed by atoms with Crippen molar-refractivity contribution in [2.75, 3.05) is 7.11 Å². The van der Waals surface area contributed by atoms with Gasteiger partial charge in [-0.05, 0) is 34.5 Å². The molecule has 0 aliphatic carbocycles. The number of benzene rings is 2. The van der Waals surface area contributed by atoms with Gasteiger partial charge in [-0.1, -0.05) is 18.2 Å². The van der Waals surface area contributed by atoms with Gasteiger partial charge in [0.15, 0.2) is 0 Å². The van der Waals surface area contributed by atoms with E-state index in [1.54, 1.807) is 13.3 Å². The molecular formula is C17H13N3O. The summed E-state index contributed by atoms with van der Waals surface area (Å²) in [6, 6.07) is 12.5. The first-order valence-electron chi connectivity index (χ1n) is 6.70. The Hall–Kier alpha value is -2.88. The highest BCUT2D eigenvalue weighted by molar-refractivity contribution is 5.96. The predicted octanol–water partition coefficient (Wildman–Crippen LogP) is 3.79. The van der Waals surface area contributed by atoms with Crippen LogP contribution in [0.1, 0.15) is 0 Å². The van der Waals surface area contributed by atoms with Crippen molar-refractivity contribution in [3.63, 3.8) is 0 Å². The highest BCUT2D eigenvalue weighted by atomic mass is 16.5. The Morgan fingerprint density at radius 2 is 1.81 bits per heavy atom. The minimum Gasteiger partial charge on any atom is -0.497 e. The van der Waals surface area contributed by atoms with Crippen molar-refractivity contribution in [1.29, 1.82) is 0 Å². The molecule has 4 rings (SSSR count). The molecule has 4 nitrogen and oxygen atoms in total. The van der Waals surface area contributed by atoms with E-state index < -0.39 is 0 Å². The lowest BCUT2D eigenvalue weighted by atomic mass is 10.0. The van der Waals surface area contributed by atoms with Gasteiger partial charge in [0, 0.05) is 17.1 Å². The molecule has 4 heteroatoms. The van der Waals surface area contributed by atoms with Crippen LogP contribution in [0.4, 0.5) is 0 Å². The summed E-state index contributed by atoms with van der Waals surface area (Å²) in [6.45, 7) is 0. The molecule has 0 aliphatic rings. The van der Waals surface area contributed by atoms with Crippen LogP contribution in [0.15, 0.2) is 55.0 Å². The maximum atomic E-state index is 5.26. The van der Waals surface area contributed by atoms with Crippen molar-refractivity contribution in [1.82, 2.24) is 15.2 Å². The topological polar surface area (TPSA) is 50.8 Å². The summed E-state index contributed by atoms with van der Waals surface area (Å²) in [6.07, 6.45) is 5.50. The van der Waals surface area contributed by atoms with E-state index in [1.807, 2.05) is 24.5 Å². The quantitative estimate of drug-likeness (QED) is 0.605. The molecule has 0 atom stereocenters. The fourth-order valence-corrected chi connectivity index (χ4v) is 2.61. The zero-order chi connectivity index (χ0) is 14.2. The number of methoxy groups -OCH3 is 1. The third-order valence-electron chi connectivity index (χ3n) is 3.72. The number of ether oxygens (including phenoxy) is 1. The highest BCUT2D eigenvalue weighted by Crippen LogP contribution is 2.30. The molecule has 0 radical (unpaired) electrons. The third kappa shape index (κ3) is 1.92. The second-order valence-corrected chi connectivity index (χ2v) is 4.95. The van der Waals surface area contributed by atoms with Crippen LogP contribution in [0.5, 0.6) is 5.75 Å². The Labute approximate surface area is 121 Å². The average Bonchev–Trinajstić information content (AvgIpc) is 3.02. The van der Waals surface area contributed by atoms with Crippen LogP contribution in [0.2, 0.25) is 0 Å². The molecule has 0 saturated carbocycles. The lowest BCUT2D eigenvalue weighted by Gasteiger charge is -2.06. The first kappa shape index (κ1) is 11.9. The Kier molecular flexibility index (Phi) is 2.60. The summed E-state index contributed by atoms with van der Waals surface area (Å²) in [7, 11) is 1.68. The van der Waals surface area contributed by atoms with Crippen LogP contribution in [0.25, 0.3) is 32.8 Å². The number of nitrogens with one attached hydrogen (secondary N) is 1. The molecule has 1 N–H and O–H groups in total. The van der Waals surface area contributed by atoms with Crippen molar-refractivity contribution >= 4 is 21.7 Å². The van der Waals surface area contributed by atoms with E-state index in [0.717, 1.165) is 33.2 Å². The molecule has 21 heavy (non-hydrogen) atoms. The standard InChI is InChI=1S/C17H13N3O/c1-21-14-5-4-11-6-13(3-2-12(11)7-14)15-8-18-10-17-16(15)9-19-20-17/h2-10H,1H3,(H,19,20). The van der Waals surface area contributed by atoms with Crippen LogP contribution in [0.3, 0.4) is 0 Å². The molecule has 2 aromatic heterocycles. The molecule has 102 valence electrons. The lowest BCUT2D eigenvalue weighted by molar-refractivity contribution is 0.415. The van der Waals surface area contributed by atoms with Crippen LogP contribution < -0.4 is 4.74 Å². The number of hydrogen-bond acceptors (Lipinski definition) is 3. The van der Waals surface area contributed by atoms with Gasteiger partial charge in [0.25, 0.3) is 0 Å². The van der Waals surface area contributed by atoms with E-state index in [-0.39, 0.29) is 0 Å².